The minimum atomic E-state index is 0.197. The molecule has 1 saturated heterocycles. The molecule has 0 aromatic heterocycles. The van der Waals surface area contributed by atoms with Crippen molar-refractivity contribution in [3.05, 3.63) is 23.3 Å². The van der Waals surface area contributed by atoms with E-state index in [-0.39, 0.29) is 6.10 Å². The highest BCUT2D eigenvalue weighted by atomic mass is 32.1. The average molecular weight is 393 g/mol. The van der Waals surface area contributed by atoms with E-state index >= 15 is 0 Å². The monoisotopic (exact) mass is 392 g/mol. The van der Waals surface area contributed by atoms with E-state index in [1.54, 1.807) is 6.21 Å². The van der Waals surface area contributed by atoms with Gasteiger partial charge in [0.25, 0.3) is 0 Å². The summed E-state index contributed by atoms with van der Waals surface area (Å²) in [6.45, 7) is 9.90. The van der Waals surface area contributed by atoms with E-state index in [4.69, 9.17) is 26.4 Å². The van der Waals surface area contributed by atoms with E-state index < -0.39 is 0 Å². The van der Waals surface area contributed by atoms with Crippen molar-refractivity contribution in [1.82, 2.24) is 15.6 Å². The first kappa shape index (κ1) is 19.9. The first-order valence-corrected chi connectivity index (χ1v) is 9.90. The topological polar surface area (TPSA) is 67.4 Å². The molecule has 7 nitrogen and oxygen atoms in total. The molecule has 0 spiro atoms. The number of thiocarbonyl (C=S) groups is 1. The highest BCUT2D eigenvalue weighted by Gasteiger charge is 2.21. The molecular weight excluding hydrogens is 364 g/mol. The van der Waals surface area contributed by atoms with Gasteiger partial charge >= 0.3 is 0 Å². The lowest BCUT2D eigenvalue weighted by Gasteiger charge is -2.26. The van der Waals surface area contributed by atoms with Crippen LogP contribution in [0.3, 0.4) is 0 Å². The molecule has 3 rings (SSSR count). The largest absolute Gasteiger partial charge is 0.493 e. The highest BCUT2D eigenvalue weighted by molar-refractivity contribution is 7.80. The lowest BCUT2D eigenvalue weighted by Crippen LogP contribution is -2.42. The number of morpholine rings is 1. The smallest absolute Gasteiger partial charge is 0.187 e. The lowest BCUT2D eigenvalue weighted by atomic mass is 10.1. The van der Waals surface area contributed by atoms with Crippen LogP contribution >= 0.6 is 12.2 Å². The van der Waals surface area contributed by atoms with E-state index in [1.165, 1.54) is 5.56 Å². The Kier molecular flexibility index (Phi) is 7.25. The molecule has 8 heteroatoms. The fourth-order valence-corrected chi connectivity index (χ4v) is 3.34. The first-order valence-electron chi connectivity index (χ1n) is 9.49. The van der Waals surface area contributed by atoms with Gasteiger partial charge in [-0.05, 0) is 38.2 Å². The normalized spacial score (nSPS) is 19.6. The SMILES string of the molecule is CCOc1cc2c(cc1/C=N\NC(=S)NCCN1CCOCC1)O[C@@H](C)C2. The minimum absolute atomic E-state index is 0.197. The second-order valence-corrected chi connectivity index (χ2v) is 7.05. The maximum Gasteiger partial charge on any atom is 0.187 e. The van der Waals surface area contributed by atoms with Crippen molar-refractivity contribution < 1.29 is 14.2 Å². The van der Waals surface area contributed by atoms with Crippen LogP contribution in [0.25, 0.3) is 0 Å². The second kappa shape index (κ2) is 9.87. The van der Waals surface area contributed by atoms with Crippen LogP contribution in [0.15, 0.2) is 17.2 Å². The zero-order valence-electron chi connectivity index (χ0n) is 16.0. The summed E-state index contributed by atoms with van der Waals surface area (Å²) < 4.78 is 16.9. The van der Waals surface area contributed by atoms with Crippen molar-refractivity contribution in [1.29, 1.82) is 0 Å². The third kappa shape index (κ3) is 5.79. The molecule has 1 fully saturated rings. The van der Waals surface area contributed by atoms with Crippen LogP contribution in [0.5, 0.6) is 11.5 Å². The lowest BCUT2D eigenvalue weighted by molar-refractivity contribution is 0.0389. The quantitative estimate of drug-likeness (QED) is 0.414. The average Bonchev–Trinajstić information content (AvgIpc) is 3.02. The molecular formula is C19H28N4O3S. The first-order chi connectivity index (χ1) is 13.2. The predicted molar refractivity (Wildman–Crippen MR) is 110 cm³/mol. The third-order valence-corrected chi connectivity index (χ3v) is 4.75. The van der Waals surface area contributed by atoms with E-state index in [2.05, 4.69) is 27.7 Å². The molecule has 0 amide bonds. The Morgan fingerprint density at radius 1 is 1.41 bits per heavy atom. The minimum Gasteiger partial charge on any atom is -0.493 e. The zero-order chi connectivity index (χ0) is 19.1. The fourth-order valence-electron chi connectivity index (χ4n) is 3.19. The number of rotatable bonds is 7. The van der Waals surface area contributed by atoms with Gasteiger partial charge in [-0.1, -0.05) is 0 Å². The van der Waals surface area contributed by atoms with Crippen LogP contribution in [0.1, 0.15) is 25.0 Å². The number of hydrogen-bond acceptors (Lipinski definition) is 6. The summed E-state index contributed by atoms with van der Waals surface area (Å²) in [6, 6.07) is 4.02. The molecule has 1 aromatic carbocycles. The van der Waals surface area contributed by atoms with E-state index in [0.29, 0.717) is 11.7 Å². The fraction of sp³-hybridized carbons (Fsp3) is 0.579. The molecule has 2 heterocycles. The standard InChI is InChI=1S/C19H28N4O3S/c1-3-25-17-11-15-10-14(2)26-18(15)12-16(17)13-21-22-19(27)20-4-5-23-6-8-24-9-7-23/h11-14H,3-10H2,1-2H3,(H2,20,22,27)/b21-13-/t14-/m0/s1. The van der Waals surface area contributed by atoms with Crippen molar-refractivity contribution in [2.24, 2.45) is 5.10 Å². The maximum atomic E-state index is 5.83. The Morgan fingerprint density at radius 2 is 2.22 bits per heavy atom. The van der Waals surface area contributed by atoms with Crippen molar-refractivity contribution in [2.45, 2.75) is 26.4 Å². The summed E-state index contributed by atoms with van der Waals surface area (Å²) in [4.78, 5) is 2.35. The van der Waals surface area contributed by atoms with Gasteiger partial charge in [-0.25, -0.2) is 0 Å². The molecule has 0 radical (unpaired) electrons. The molecule has 1 aromatic rings. The Labute approximate surface area is 166 Å². The molecule has 1 atom stereocenters. The van der Waals surface area contributed by atoms with Gasteiger partial charge in [-0.3, -0.25) is 10.3 Å². The summed E-state index contributed by atoms with van der Waals surface area (Å²) in [5.74, 6) is 1.71. The number of nitrogens with zero attached hydrogens (tertiary/aromatic N) is 2. The van der Waals surface area contributed by atoms with Crippen LogP contribution in [0.4, 0.5) is 0 Å². The molecule has 148 valence electrons. The van der Waals surface area contributed by atoms with Crippen molar-refractivity contribution in [2.75, 3.05) is 46.0 Å². The number of nitrogens with one attached hydrogen (secondary N) is 2. The summed E-state index contributed by atoms with van der Waals surface area (Å²) >= 11 is 5.28. The van der Waals surface area contributed by atoms with Gasteiger partial charge in [-0.2, -0.15) is 5.10 Å². The van der Waals surface area contributed by atoms with Crippen LogP contribution < -0.4 is 20.2 Å². The molecule has 27 heavy (non-hydrogen) atoms. The summed E-state index contributed by atoms with van der Waals surface area (Å²) in [7, 11) is 0. The maximum absolute atomic E-state index is 5.83. The van der Waals surface area contributed by atoms with E-state index in [1.807, 2.05) is 19.1 Å². The summed E-state index contributed by atoms with van der Waals surface area (Å²) in [5, 5.41) is 7.92. The number of ether oxygens (including phenoxy) is 3. The van der Waals surface area contributed by atoms with Crippen LogP contribution in [0, 0.1) is 0 Å². The van der Waals surface area contributed by atoms with Crippen molar-refractivity contribution in [3.8, 4) is 11.5 Å². The van der Waals surface area contributed by atoms with Crippen LogP contribution in [0.2, 0.25) is 0 Å². The summed E-state index contributed by atoms with van der Waals surface area (Å²) in [5.41, 5.74) is 4.91. The van der Waals surface area contributed by atoms with Gasteiger partial charge in [0.05, 0.1) is 26.0 Å². The van der Waals surface area contributed by atoms with E-state index in [0.717, 1.165) is 62.9 Å². The summed E-state index contributed by atoms with van der Waals surface area (Å²) in [6.07, 6.45) is 2.82. The van der Waals surface area contributed by atoms with Gasteiger partial charge in [0.2, 0.25) is 0 Å². The molecule has 2 N–H and O–H groups in total. The highest BCUT2D eigenvalue weighted by Crippen LogP contribution is 2.34. The van der Waals surface area contributed by atoms with Gasteiger partial charge in [0, 0.05) is 43.7 Å². The van der Waals surface area contributed by atoms with Gasteiger partial charge in [0.1, 0.15) is 17.6 Å². The molecule has 2 aliphatic rings. The van der Waals surface area contributed by atoms with Gasteiger partial charge < -0.3 is 19.5 Å². The Morgan fingerprint density at radius 3 is 3.00 bits per heavy atom. The molecule has 0 bridgehead atoms. The molecule has 0 unspecified atom stereocenters. The predicted octanol–water partition coefficient (Wildman–Crippen LogP) is 1.54. The Hall–Kier alpha value is -1.90. The van der Waals surface area contributed by atoms with Crippen LogP contribution in [-0.2, 0) is 11.2 Å². The number of hydrogen-bond donors (Lipinski definition) is 2. The third-order valence-electron chi connectivity index (χ3n) is 4.52. The van der Waals surface area contributed by atoms with Gasteiger partial charge in [-0.15, -0.1) is 0 Å². The Balaban J connectivity index is 1.49. The van der Waals surface area contributed by atoms with E-state index in [9.17, 15) is 0 Å². The van der Waals surface area contributed by atoms with Crippen molar-refractivity contribution >= 4 is 23.5 Å². The molecule has 0 aliphatic carbocycles. The zero-order valence-corrected chi connectivity index (χ0v) is 16.8. The second-order valence-electron chi connectivity index (χ2n) is 6.64. The number of benzene rings is 1. The molecule has 0 saturated carbocycles. The Bertz CT molecular complexity index is 677. The number of fused-ring (bicyclic) bond motifs is 1. The number of hydrazone groups is 1. The van der Waals surface area contributed by atoms with Crippen LogP contribution in [-0.4, -0.2) is 68.3 Å². The van der Waals surface area contributed by atoms with Gasteiger partial charge in [0.15, 0.2) is 5.11 Å². The molecule has 2 aliphatic heterocycles. The van der Waals surface area contributed by atoms with Crippen molar-refractivity contribution in [3.63, 3.8) is 0 Å².